The molecule has 12 heteroatoms. The first-order chi connectivity index (χ1) is 15.7. The lowest BCUT2D eigenvalue weighted by Crippen LogP contribution is -2.34. The first-order valence-corrected chi connectivity index (χ1v) is 12.6. The Morgan fingerprint density at radius 1 is 1.21 bits per heavy atom. The van der Waals surface area contributed by atoms with Gasteiger partial charge in [-0.3, -0.25) is 4.79 Å². The van der Waals surface area contributed by atoms with E-state index in [1.165, 1.54) is 32.3 Å². The van der Waals surface area contributed by atoms with E-state index < -0.39 is 27.6 Å². The molecule has 3 aromatic rings. The van der Waals surface area contributed by atoms with Crippen molar-refractivity contribution in [3.8, 4) is 11.1 Å². The summed E-state index contributed by atoms with van der Waals surface area (Å²) in [6, 6.07) is 6.15. The first kappa shape index (κ1) is 25.8. The number of rotatable bonds is 7. The molecule has 0 atom stereocenters. The van der Waals surface area contributed by atoms with Crippen molar-refractivity contribution in [1.82, 2.24) is 19.0 Å². The fourth-order valence-corrected chi connectivity index (χ4v) is 4.47. The molecule has 7 nitrogen and oxygen atoms in total. The van der Waals surface area contributed by atoms with E-state index in [9.17, 15) is 26.4 Å². The Hall–Kier alpha value is -2.79. The standard InChI is InChI=1S/C22H24ClF3N4O3S/c1-14-18(15-5-7-16(23)8-6-15)19(21(31)29(3)11-12-34(4,32)33)30(20(14)22(24,25)26)13-17-27-9-10-28(17)2/h5-10H,11-13H2,1-4H3. The van der Waals surface area contributed by atoms with Crippen molar-refractivity contribution in [3.63, 3.8) is 0 Å². The molecule has 0 bridgehead atoms. The molecule has 0 fully saturated rings. The average Bonchev–Trinajstić information content (AvgIpc) is 3.26. The number of hydrogen-bond donors (Lipinski definition) is 0. The summed E-state index contributed by atoms with van der Waals surface area (Å²) in [5, 5.41) is 0.392. The lowest BCUT2D eigenvalue weighted by Gasteiger charge is -2.21. The van der Waals surface area contributed by atoms with Crippen LogP contribution in [0.1, 0.15) is 27.6 Å². The maximum atomic E-state index is 14.3. The number of amides is 1. The van der Waals surface area contributed by atoms with Gasteiger partial charge in [-0.1, -0.05) is 23.7 Å². The van der Waals surface area contributed by atoms with Crippen LogP contribution >= 0.6 is 11.6 Å². The fraction of sp³-hybridized carbons (Fsp3) is 0.364. The van der Waals surface area contributed by atoms with Gasteiger partial charge < -0.3 is 14.0 Å². The fourth-order valence-electron chi connectivity index (χ4n) is 3.74. The van der Waals surface area contributed by atoms with E-state index in [0.717, 1.165) is 15.7 Å². The molecule has 34 heavy (non-hydrogen) atoms. The van der Waals surface area contributed by atoms with Crippen molar-refractivity contribution in [2.75, 3.05) is 25.6 Å². The van der Waals surface area contributed by atoms with Gasteiger partial charge in [0.25, 0.3) is 5.91 Å². The molecule has 0 aliphatic heterocycles. The number of carbonyl (C=O) groups excluding carboxylic acids is 1. The van der Waals surface area contributed by atoms with E-state index in [-0.39, 0.29) is 35.7 Å². The second-order valence-corrected chi connectivity index (χ2v) is 10.8. The third kappa shape index (κ3) is 5.47. The Bertz CT molecular complexity index is 1310. The largest absolute Gasteiger partial charge is 0.431 e. The minimum atomic E-state index is -4.76. The number of sulfone groups is 1. The minimum Gasteiger partial charge on any atom is -0.339 e. The van der Waals surface area contributed by atoms with Gasteiger partial charge in [0, 0.05) is 49.9 Å². The van der Waals surface area contributed by atoms with E-state index in [4.69, 9.17) is 11.6 Å². The minimum absolute atomic E-state index is 0.106. The lowest BCUT2D eigenvalue weighted by molar-refractivity contribution is -0.143. The lowest BCUT2D eigenvalue weighted by atomic mass is 10.0. The number of halogens is 4. The number of alkyl halides is 3. The number of aryl methyl sites for hydroxylation is 1. The third-order valence-electron chi connectivity index (χ3n) is 5.48. The van der Waals surface area contributed by atoms with Crippen LogP contribution in [0, 0.1) is 6.92 Å². The summed E-state index contributed by atoms with van der Waals surface area (Å²) in [4.78, 5) is 18.8. The number of hydrogen-bond acceptors (Lipinski definition) is 4. The molecule has 1 amide bonds. The van der Waals surface area contributed by atoms with Gasteiger partial charge >= 0.3 is 6.18 Å². The molecule has 0 spiro atoms. The average molecular weight is 517 g/mol. The predicted octanol–water partition coefficient (Wildman–Crippen LogP) is 4.03. The Morgan fingerprint density at radius 3 is 2.32 bits per heavy atom. The van der Waals surface area contributed by atoms with Crippen LogP contribution in [0.5, 0.6) is 0 Å². The van der Waals surface area contributed by atoms with Crippen LogP contribution in [0.15, 0.2) is 36.7 Å². The molecule has 0 aliphatic rings. The number of aromatic nitrogens is 3. The maximum Gasteiger partial charge on any atom is 0.431 e. The molecule has 2 heterocycles. The summed E-state index contributed by atoms with van der Waals surface area (Å²) in [5.41, 5.74) is -0.810. The molecule has 0 unspecified atom stereocenters. The molecule has 0 saturated carbocycles. The van der Waals surface area contributed by atoms with Crippen LogP contribution in [0.25, 0.3) is 11.1 Å². The van der Waals surface area contributed by atoms with Crippen LogP contribution in [-0.2, 0) is 29.6 Å². The van der Waals surface area contributed by atoms with Gasteiger partial charge in [-0.2, -0.15) is 13.2 Å². The highest BCUT2D eigenvalue weighted by Crippen LogP contribution is 2.41. The molecule has 1 aromatic carbocycles. The van der Waals surface area contributed by atoms with Crippen molar-refractivity contribution in [2.24, 2.45) is 7.05 Å². The number of imidazole rings is 1. The Morgan fingerprint density at radius 2 is 1.82 bits per heavy atom. The highest BCUT2D eigenvalue weighted by Gasteiger charge is 2.41. The SMILES string of the molecule is Cc1c(-c2ccc(Cl)cc2)c(C(=O)N(C)CCS(C)(=O)=O)n(Cc2nccn2C)c1C(F)(F)F. The van der Waals surface area contributed by atoms with Gasteiger partial charge in [-0.05, 0) is 30.2 Å². The molecular weight excluding hydrogens is 493 g/mol. The topological polar surface area (TPSA) is 77.2 Å². The highest BCUT2D eigenvalue weighted by atomic mass is 35.5. The zero-order chi connectivity index (χ0) is 25.4. The monoisotopic (exact) mass is 516 g/mol. The quantitative estimate of drug-likeness (QED) is 0.475. The van der Waals surface area contributed by atoms with E-state index in [1.807, 2.05) is 0 Å². The summed E-state index contributed by atoms with van der Waals surface area (Å²) < 4.78 is 68.6. The van der Waals surface area contributed by atoms with Gasteiger partial charge in [-0.15, -0.1) is 0 Å². The zero-order valence-corrected chi connectivity index (χ0v) is 20.6. The molecule has 0 aliphatic carbocycles. The van der Waals surface area contributed by atoms with Crippen molar-refractivity contribution in [1.29, 1.82) is 0 Å². The number of nitrogens with zero attached hydrogens (tertiary/aromatic N) is 4. The Balaban J connectivity index is 2.28. The number of carbonyl (C=O) groups is 1. The molecule has 3 rings (SSSR count). The molecule has 0 saturated heterocycles. The molecule has 184 valence electrons. The molecule has 0 N–H and O–H groups in total. The van der Waals surface area contributed by atoms with E-state index in [2.05, 4.69) is 4.98 Å². The second kappa shape index (κ2) is 9.46. The van der Waals surface area contributed by atoms with Gasteiger partial charge in [-0.25, -0.2) is 13.4 Å². The van der Waals surface area contributed by atoms with Crippen molar-refractivity contribution in [3.05, 3.63) is 64.5 Å². The maximum absolute atomic E-state index is 14.3. The van der Waals surface area contributed by atoms with Crippen molar-refractivity contribution >= 4 is 27.3 Å². The van der Waals surface area contributed by atoms with Crippen LogP contribution in [0.4, 0.5) is 13.2 Å². The summed E-state index contributed by atoms with van der Waals surface area (Å²) in [6.45, 7) is 0.828. The summed E-state index contributed by atoms with van der Waals surface area (Å²) in [7, 11) is -0.388. The summed E-state index contributed by atoms with van der Waals surface area (Å²) >= 11 is 5.97. The van der Waals surface area contributed by atoms with E-state index >= 15 is 0 Å². The van der Waals surface area contributed by atoms with Gasteiger partial charge in [0.15, 0.2) is 0 Å². The Kier molecular flexibility index (Phi) is 7.18. The molecular formula is C22H24ClF3N4O3S. The molecule has 0 radical (unpaired) electrons. The van der Waals surface area contributed by atoms with Crippen molar-refractivity contribution < 1.29 is 26.4 Å². The van der Waals surface area contributed by atoms with Gasteiger partial charge in [0.2, 0.25) is 0 Å². The normalized spacial score (nSPS) is 12.2. The highest BCUT2D eigenvalue weighted by molar-refractivity contribution is 7.90. The van der Waals surface area contributed by atoms with Crippen LogP contribution in [-0.4, -0.2) is 58.9 Å². The van der Waals surface area contributed by atoms with Gasteiger partial charge in [0.1, 0.15) is 27.0 Å². The number of benzene rings is 1. The van der Waals surface area contributed by atoms with Crippen LogP contribution < -0.4 is 0 Å². The molecule has 2 aromatic heterocycles. The summed E-state index contributed by atoms with van der Waals surface area (Å²) in [5.74, 6) is -0.742. The van der Waals surface area contributed by atoms with E-state index in [1.54, 1.807) is 29.9 Å². The smallest absolute Gasteiger partial charge is 0.339 e. The van der Waals surface area contributed by atoms with Gasteiger partial charge in [0.05, 0.1) is 12.3 Å². The zero-order valence-electron chi connectivity index (χ0n) is 19.0. The Labute approximate surface area is 200 Å². The third-order valence-corrected chi connectivity index (χ3v) is 6.65. The van der Waals surface area contributed by atoms with Crippen LogP contribution in [0.3, 0.4) is 0 Å². The first-order valence-electron chi connectivity index (χ1n) is 10.2. The van der Waals surface area contributed by atoms with E-state index in [0.29, 0.717) is 16.4 Å². The second-order valence-electron chi connectivity index (χ2n) is 8.10. The van der Waals surface area contributed by atoms with Crippen LogP contribution in [0.2, 0.25) is 5.02 Å². The predicted molar refractivity (Wildman–Crippen MR) is 124 cm³/mol. The van der Waals surface area contributed by atoms with Crippen molar-refractivity contribution in [2.45, 2.75) is 19.6 Å². The summed E-state index contributed by atoms with van der Waals surface area (Å²) in [6.07, 6.45) is -0.683.